The lowest BCUT2D eigenvalue weighted by Gasteiger charge is -2.34. The van der Waals surface area contributed by atoms with Gasteiger partial charge in [0.25, 0.3) is 0 Å². The van der Waals surface area contributed by atoms with Gasteiger partial charge in [-0.15, -0.1) is 0 Å². The first-order chi connectivity index (χ1) is 10.1. The Balaban J connectivity index is 2.68. The van der Waals surface area contributed by atoms with Crippen molar-refractivity contribution in [2.24, 2.45) is 0 Å². The monoisotopic (exact) mass is 305 g/mol. The highest BCUT2D eigenvalue weighted by molar-refractivity contribution is 5.95. The summed E-state index contributed by atoms with van der Waals surface area (Å²) >= 11 is 0. The molecule has 0 saturated heterocycles. The molecule has 0 aromatic heterocycles. The zero-order chi connectivity index (χ0) is 16.9. The maximum Gasteiger partial charge on any atom is 0.244 e. The van der Waals surface area contributed by atoms with Gasteiger partial charge in [0.05, 0.1) is 0 Å². The first-order valence-corrected chi connectivity index (χ1v) is 7.05. The Labute approximate surface area is 130 Å². The minimum Gasteiger partial charge on any atom is -0.329 e. The third-order valence-electron chi connectivity index (χ3n) is 2.98. The summed E-state index contributed by atoms with van der Waals surface area (Å²) in [7, 11) is 0. The van der Waals surface area contributed by atoms with E-state index < -0.39 is 5.54 Å². The van der Waals surface area contributed by atoms with Gasteiger partial charge in [0.15, 0.2) is 0 Å². The van der Waals surface area contributed by atoms with Gasteiger partial charge in [0.1, 0.15) is 6.54 Å². The van der Waals surface area contributed by atoms with Gasteiger partial charge in [-0.2, -0.15) is 0 Å². The lowest BCUT2D eigenvalue weighted by Crippen LogP contribution is -2.48. The molecule has 0 saturated carbocycles. The molecule has 0 aliphatic carbocycles. The predicted molar refractivity (Wildman–Crippen MR) is 86.5 cm³/mol. The largest absolute Gasteiger partial charge is 0.329 e. The molecule has 6 heteroatoms. The van der Waals surface area contributed by atoms with Crippen molar-refractivity contribution in [1.82, 2.24) is 4.90 Å². The summed E-state index contributed by atoms with van der Waals surface area (Å²) in [6.45, 7) is 8.50. The van der Waals surface area contributed by atoms with Crippen molar-refractivity contribution in [3.05, 3.63) is 24.3 Å². The molecule has 0 radical (unpaired) electrons. The Kier molecular flexibility index (Phi) is 5.68. The minimum atomic E-state index is -0.418. The van der Waals surface area contributed by atoms with E-state index in [9.17, 15) is 14.4 Å². The number of rotatable bonds is 4. The van der Waals surface area contributed by atoms with Crippen LogP contribution in [0.15, 0.2) is 24.3 Å². The predicted octanol–water partition coefficient (Wildman–Crippen LogP) is 2.23. The van der Waals surface area contributed by atoms with Crippen LogP contribution in [0.3, 0.4) is 0 Å². The number of nitrogens with one attached hydrogen (secondary N) is 2. The Morgan fingerprint density at radius 1 is 0.955 bits per heavy atom. The standard InChI is InChI=1S/C16H23N3O3/c1-11(20)17-13-6-8-14(9-7-13)18-15(22)10-19(12(2)21)16(3,4)5/h6-9H,10H2,1-5H3,(H,17,20)(H,18,22). The molecule has 1 aromatic carbocycles. The molecule has 0 aliphatic heterocycles. The van der Waals surface area contributed by atoms with Crippen LogP contribution in [-0.2, 0) is 14.4 Å². The van der Waals surface area contributed by atoms with E-state index in [2.05, 4.69) is 10.6 Å². The van der Waals surface area contributed by atoms with Gasteiger partial charge in [0, 0.05) is 30.8 Å². The molecular weight excluding hydrogens is 282 g/mol. The highest BCUT2D eigenvalue weighted by Crippen LogP contribution is 2.15. The normalized spacial score (nSPS) is 10.8. The Bertz CT molecular complexity index is 559. The molecule has 2 N–H and O–H groups in total. The minimum absolute atomic E-state index is 0.00766. The number of benzene rings is 1. The quantitative estimate of drug-likeness (QED) is 0.895. The van der Waals surface area contributed by atoms with Crippen molar-refractivity contribution in [3.8, 4) is 0 Å². The third-order valence-corrected chi connectivity index (χ3v) is 2.98. The first-order valence-electron chi connectivity index (χ1n) is 7.05. The van der Waals surface area contributed by atoms with Crippen molar-refractivity contribution in [3.63, 3.8) is 0 Å². The number of hydrogen-bond donors (Lipinski definition) is 2. The van der Waals surface area contributed by atoms with E-state index in [4.69, 9.17) is 0 Å². The van der Waals surface area contributed by atoms with Crippen molar-refractivity contribution < 1.29 is 14.4 Å². The molecule has 0 aliphatic rings. The van der Waals surface area contributed by atoms with Gasteiger partial charge in [0.2, 0.25) is 17.7 Å². The lowest BCUT2D eigenvalue weighted by molar-refractivity contribution is -0.137. The summed E-state index contributed by atoms with van der Waals surface area (Å²) in [5.41, 5.74) is 0.848. The van der Waals surface area contributed by atoms with Crippen LogP contribution in [0, 0.1) is 0 Å². The molecule has 1 rings (SSSR count). The molecule has 0 atom stereocenters. The first kappa shape index (κ1) is 17.7. The van der Waals surface area contributed by atoms with E-state index >= 15 is 0 Å². The maximum absolute atomic E-state index is 12.1. The summed E-state index contributed by atoms with van der Waals surface area (Å²) in [4.78, 5) is 36.1. The molecule has 0 unspecified atom stereocenters. The average Bonchev–Trinajstić information content (AvgIpc) is 2.36. The number of nitrogens with zero attached hydrogens (tertiary/aromatic N) is 1. The number of anilines is 2. The summed E-state index contributed by atoms with van der Waals surface area (Å²) in [5.74, 6) is -0.569. The van der Waals surface area contributed by atoms with Crippen molar-refractivity contribution >= 4 is 29.1 Å². The molecule has 1 aromatic rings. The van der Waals surface area contributed by atoms with Gasteiger partial charge < -0.3 is 15.5 Å². The Morgan fingerprint density at radius 2 is 1.41 bits per heavy atom. The van der Waals surface area contributed by atoms with E-state index in [0.29, 0.717) is 11.4 Å². The molecule has 6 nitrogen and oxygen atoms in total. The molecule has 0 fully saturated rings. The van der Waals surface area contributed by atoms with Crippen LogP contribution < -0.4 is 10.6 Å². The molecule has 22 heavy (non-hydrogen) atoms. The van der Waals surface area contributed by atoms with Crippen LogP contribution in [0.25, 0.3) is 0 Å². The van der Waals surface area contributed by atoms with Crippen LogP contribution in [0.2, 0.25) is 0 Å². The van der Waals surface area contributed by atoms with Gasteiger partial charge in [-0.25, -0.2) is 0 Å². The Hall–Kier alpha value is -2.37. The fraction of sp³-hybridized carbons (Fsp3) is 0.438. The van der Waals surface area contributed by atoms with Gasteiger partial charge >= 0.3 is 0 Å². The van der Waals surface area contributed by atoms with Gasteiger partial charge in [-0.1, -0.05) is 0 Å². The molecule has 120 valence electrons. The molecule has 0 bridgehead atoms. The van der Waals surface area contributed by atoms with E-state index in [0.717, 1.165) is 0 Å². The smallest absolute Gasteiger partial charge is 0.244 e. The molecule has 0 heterocycles. The van der Waals surface area contributed by atoms with Crippen molar-refractivity contribution in [2.75, 3.05) is 17.2 Å². The summed E-state index contributed by atoms with van der Waals surface area (Å²) in [5, 5.41) is 5.38. The zero-order valence-electron chi connectivity index (χ0n) is 13.7. The second-order valence-electron chi connectivity index (χ2n) is 6.08. The van der Waals surface area contributed by atoms with Crippen LogP contribution in [0.5, 0.6) is 0 Å². The van der Waals surface area contributed by atoms with E-state index in [-0.39, 0.29) is 24.3 Å². The van der Waals surface area contributed by atoms with Crippen LogP contribution in [0.1, 0.15) is 34.6 Å². The number of amides is 3. The highest BCUT2D eigenvalue weighted by atomic mass is 16.2. The third kappa shape index (κ3) is 5.55. The number of carbonyl (C=O) groups is 3. The second-order valence-corrected chi connectivity index (χ2v) is 6.08. The SMILES string of the molecule is CC(=O)Nc1ccc(NC(=O)CN(C(C)=O)C(C)(C)C)cc1. The van der Waals surface area contributed by atoms with Crippen molar-refractivity contribution in [1.29, 1.82) is 0 Å². The van der Waals surface area contributed by atoms with Gasteiger partial charge in [-0.05, 0) is 45.0 Å². The average molecular weight is 305 g/mol. The molecule has 3 amide bonds. The van der Waals surface area contributed by atoms with E-state index in [1.807, 2.05) is 20.8 Å². The fourth-order valence-electron chi connectivity index (χ4n) is 2.01. The van der Waals surface area contributed by atoms with Crippen LogP contribution in [0.4, 0.5) is 11.4 Å². The second kappa shape index (κ2) is 7.06. The fourth-order valence-corrected chi connectivity index (χ4v) is 2.01. The van der Waals surface area contributed by atoms with Crippen molar-refractivity contribution in [2.45, 2.75) is 40.2 Å². The Morgan fingerprint density at radius 3 is 1.77 bits per heavy atom. The highest BCUT2D eigenvalue weighted by Gasteiger charge is 2.25. The van der Waals surface area contributed by atoms with Crippen LogP contribution >= 0.6 is 0 Å². The van der Waals surface area contributed by atoms with E-state index in [1.165, 1.54) is 18.7 Å². The number of carbonyl (C=O) groups excluding carboxylic acids is 3. The lowest BCUT2D eigenvalue weighted by atomic mass is 10.1. The zero-order valence-corrected chi connectivity index (χ0v) is 13.7. The summed E-state index contributed by atoms with van der Waals surface area (Å²) < 4.78 is 0. The van der Waals surface area contributed by atoms with Gasteiger partial charge in [-0.3, -0.25) is 14.4 Å². The summed E-state index contributed by atoms with van der Waals surface area (Å²) in [6, 6.07) is 6.78. The van der Waals surface area contributed by atoms with E-state index in [1.54, 1.807) is 24.3 Å². The number of hydrogen-bond acceptors (Lipinski definition) is 3. The molecular formula is C16H23N3O3. The topological polar surface area (TPSA) is 78.5 Å². The molecule has 0 spiro atoms. The maximum atomic E-state index is 12.1. The summed E-state index contributed by atoms with van der Waals surface area (Å²) in [6.07, 6.45) is 0. The van der Waals surface area contributed by atoms with Crippen LogP contribution in [-0.4, -0.2) is 34.7 Å².